The lowest BCUT2D eigenvalue weighted by Crippen LogP contribution is -2.55. The zero-order valence-corrected chi connectivity index (χ0v) is 24.7. The molecule has 0 aromatic carbocycles. The van der Waals surface area contributed by atoms with E-state index in [-0.39, 0.29) is 9.52 Å². The fraction of sp³-hybridized carbons (Fsp3) is 0.926. The van der Waals surface area contributed by atoms with E-state index in [0.717, 1.165) is 0 Å². The van der Waals surface area contributed by atoms with Crippen LogP contribution in [0.25, 0.3) is 0 Å². The molecule has 3 heterocycles. The first-order valence-corrected chi connectivity index (χ1v) is 17.0. The molecule has 34 heavy (non-hydrogen) atoms. The largest absolute Gasteiger partial charge is 0.373 e. The predicted molar refractivity (Wildman–Crippen MR) is 150 cm³/mol. The summed E-state index contributed by atoms with van der Waals surface area (Å²) in [5.41, 5.74) is 0. The first kappa shape index (κ1) is 27.8. The van der Waals surface area contributed by atoms with Crippen molar-refractivity contribution in [3.63, 3.8) is 0 Å². The minimum atomic E-state index is -0.263. The van der Waals surface area contributed by atoms with E-state index < -0.39 is 0 Å². The summed E-state index contributed by atoms with van der Waals surface area (Å²) in [6.45, 7) is 28.1. The highest BCUT2D eigenvalue weighted by molar-refractivity contribution is 6.43. The molecule has 6 nitrogen and oxygen atoms in total. The normalized spacial score (nSPS) is 21.7. The quantitative estimate of drug-likeness (QED) is 0.366. The Hall–Kier alpha value is -0.763. The maximum absolute atomic E-state index is 2.82. The Labute approximate surface area is 214 Å². The molecule has 0 aliphatic carbocycles. The molecule has 3 aliphatic heterocycles. The van der Waals surface area contributed by atoms with Crippen LogP contribution in [0.2, 0.25) is 6.55 Å². The molecular formula is C27H56N6Si. The number of rotatable bonds is 13. The maximum atomic E-state index is 2.82. The lowest BCUT2D eigenvalue weighted by molar-refractivity contribution is 0.0818. The van der Waals surface area contributed by atoms with Gasteiger partial charge in [0.2, 0.25) is 0 Å². The molecule has 0 aromatic rings. The molecule has 0 N–H and O–H groups in total. The van der Waals surface area contributed by atoms with Crippen LogP contribution < -0.4 is 0 Å². The van der Waals surface area contributed by atoms with E-state index >= 15 is 0 Å². The molecule has 0 bridgehead atoms. The van der Waals surface area contributed by atoms with Gasteiger partial charge < -0.3 is 14.7 Å². The van der Waals surface area contributed by atoms with Crippen molar-refractivity contribution in [3.8, 4) is 0 Å². The van der Waals surface area contributed by atoms with Crippen molar-refractivity contribution in [1.29, 1.82) is 0 Å². The van der Waals surface area contributed by atoms with Crippen LogP contribution in [0, 0.1) is 0 Å². The van der Waals surface area contributed by atoms with Crippen molar-refractivity contribution >= 4 is 9.52 Å². The first-order chi connectivity index (χ1) is 16.7. The molecule has 3 fully saturated rings. The number of unbranched alkanes of at least 4 members (excludes halogenated alkanes) is 3. The van der Waals surface area contributed by atoms with Crippen LogP contribution in [0.5, 0.6) is 0 Å². The number of hydrogen-bond acceptors (Lipinski definition) is 6. The van der Waals surface area contributed by atoms with Crippen molar-refractivity contribution in [1.82, 2.24) is 29.4 Å². The maximum Gasteiger partial charge on any atom is 0.118 e. The molecule has 0 atom stereocenters. The van der Waals surface area contributed by atoms with Gasteiger partial charge in [0.15, 0.2) is 0 Å². The molecule has 0 unspecified atom stereocenters. The second-order valence-corrected chi connectivity index (χ2v) is 12.0. The average Bonchev–Trinajstić information content (AvgIpc) is 2.89. The van der Waals surface area contributed by atoms with Gasteiger partial charge in [0.05, 0.1) is 9.52 Å². The summed E-state index contributed by atoms with van der Waals surface area (Å²) < 4.78 is 0. The van der Waals surface area contributed by atoms with Crippen LogP contribution in [0.4, 0.5) is 0 Å². The summed E-state index contributed by atoms with van der Waals surface area (Å²) in [5, 5.41) is 1.76. The van der Waals surface area contributed by atoms with Crippen molar-refractivity contribution in [3.05, 3.63) is 11.1 Å². The molecule has 3 rings (SSSR count). The molecule has 198 valence electrons. The molecule has 0 amide bonds. The van der Waals surface area contributed by atoms with Crippen LogP contribution >= 0.6 is 0 Å². The van der Waals surface area contributed by atoms with Gasteiger partial charge in [-0.25, -0.2) is 0 Å². The third-order valence-corrected chi connectivity index (χ3v) is 9.61. The predicted octanol–water partition coefficient (Wildman–Crippen LogP) is 2.58. The van der Waals surface area contributed by atoms with Crippen LogP contribution in [0.3, 0.4) is 0 Å². The van der Waals surface area contributed by atoms with Gasteiger partial charge in [-0.3, -0.25) is 14.7 Å². The third-order valence-electron chi connectivity index (χ3n) is 8.17. The van der Waals surface area contributed by atoms with E-state index in [1.54, 1.807) is 11.1 Å². The summed E-state index contributed by atoms with van der Waals surface area (Å²) >= 11 is 0. The molecule has 0 saturated carbocycles. The third kappa shape index (κ3) is 8.14. The second-order valence-electron chi connectivity index (χ2n) is 10.7. The Morgan fingerprint density at radius 2 is 0.824 bits per heavy atom. The Kier molecular flexibility index (Phi) is 12.6. The summed E-state index contributed by atoms with van der Waals surface area (Å²) in [7, 11) is -0.263. The molecule has 7 heteroatoms. The summed E-state index contributed by atoms with van der Waals surface area (Å²) in [6, 6.07) is 0. The highest BCUT2D eigenvalue weighted by Gasteiger charge is 2.30. The highest BCUT2D eigenvalue weighted by atomic mass is 28.2. The minimum Gasteiger partial charge on any atom is -0.373 e. The lowest BCUT2D eigenvalue weighted by atomic mass is 10.2. The van der Waals surface area contributed by atoms with Crippen molar-refractivity contribution in [2.45, 2.75) is 65.8 Å². The van der Waals surface area contributed by atoms with Gasteiger partial charge in [0, 0.05) is 83.9 Å². The molecule has 0 radical (unpaired) electrons. The fourth-order valence-corrected chi connectivity index (χ4v) is 7.37. The SMILES string of the molecule is CCCCN1CCN(C([SiH2]C)=C(N2CCN(CCCC)CC2)N2CCN(CCCC)CC2)CC1. The van der Waals surface area contributed by atoms with E-state index in [1.165, 1.54) is 137 Å². The summed E-state index contributed by atoms with van der Waals surface area (Å²) in [4.78, 5) is 16.5. The number of piperazine rings is 3. The Morgan fingerprint density at radius 1 is 0.500 bits per heavy atom. The zero-order chi connectivity index (χ0) is 24.2. The minimum absolute atomic E-state index is 0.263. The highest BCUT2D eigenvalue weighted by Crippen LogP contribution is 2.23. The summed E-state index contributed by atoms with van der Waals surface area (Å²) in [5.74, 6) is 1.65. The van der Waals surface area contributed by atoms with Crippen LogP contribution in [-0.2, 0) is 0 Å². The van der Waals surface area contributed by atoms with Crippen molar-refractivity contribution < 1.29 is 0 Å². The van der Waals surface area contributed by atoms with Gasteiger partial charge in [-0.1, -0.05) is 46.6 Å². The van der Waals surface area contributed by atoms with Crippen molar-refractivity contribution in [2.75, 3.05) is 98.2 Å². The fourth-order valence-electron chi connectivity index (χ4n) is 5.84. The van der Waals surface area contributed by atoms with E-state index in [0.29, 0.717) is 0 Å². The number of nitrogens with zero attached hydrogens (tertiary/aromatic N) is 6. The Morgan fingerprint density at radius 3 is 1.12 bits per heavy atom. The molecular weight excluding hydrogens is 436 g/mol. The smallest absolute Gasteiger partial charge is 0.118 e. The van der Waals surface area contributed by atoms with Crippen LogP contribution in [0.15, 0.2) is 11.1 Å². The van der Waals surface area contributed by atoms with Gasteiger partial charge in [0.1, 0.15) is 5.82 Å². The Bertz CT molecular complexity index is 546. The van der Waals surface area contributed by atoms with Gasteiger partial charge in [0.25, 0.3) is 0 Å². The molecule has 3 saturated heterocycles. The zero-order valence-electron chi connectivity index (χ0n) is 23.2. The molecule has 0 aromatic heterocycles. The van der Waals surface area contributed by atoms with E-state index in [2.05, 4.69) is 56.7 Å². The first-order valence-electron chi connectivity index (χ1n) is 14.8. The van der Waals surface area contributed by atoms with Gasteiger partial charge >= 0.3 is 0 Å². The second kappa shape index (κ2) is 15.4. The topological polar surface area (TPSA) is 19.4 Å². The molecule has 3 aliphatic rings. The van der Waals surface area contributed by atoms with Gasteiger partial charge in [-0.15, -0.1) is 0 Å². The van der Waals surface area contributed by atoms with Crippen molar-refractivity contribution in [2.24, 2.45) is 0 Å². The van der Waals surface area contributed by atoms with Gasteiger partial charge in [-0.05, 0) is 38.9 Å². The number of hydrogen-bond donors (Lipinski definition) is 0. The lowest BCUT2D eigenvalue weighted by Gasteiger charge is -2.47. The van der Waals surface area contributed by atoms with E-state index in [9.17, 15) is 0 Å². The van der Waals surface area contributed by atoms with Crippen LogP contribution in [0.1, 0.15) is 59.3 Å². The average molecular weight is 493 g/mol. The van der Waals surface area contributed by atoms with E-state index in [1.807, 2.05) is 0 Å². The molecule has 0 spiro atoms. The standard InChI is InChI=1S/C27H56N6Si/c1-5-8-11-28-14-20-31(21-15-28)26(32-22-16-29(17-23-32)12-9-6-2)27(34-4)33-24-18-30(19-25-33)13-10-7-3/h5-25,34H2,1-4H3. The van der Waals surface area contributed by atoms with E-state index in [4.69, 9.17) is 0 Å². The monoisotopic (exact) mass is 492 g/mol. The summed E-state index contributed by atoms with van der Waals surface area (Å²) in [6.07, 6.45) is 7.97. The Balaban J connectivity index is 1.71. The van der Waals surface area contributed by atoms with Gasteiger partial charge in [-0.2, -0.15) is 0 Å². The van der Waals surface area contributed by atoms with Crippen LogP contribution in [-0.4, -0.2) is 137 Å².